The number of sulfonamides is 1. The van der Waals surface area contributed by atoms with Crippen molar-refractivity contribution in [2.75, 3.05) is 18.4 Å². The van der Waals surface area contributed by atoms with Crippen LogP contribution in [-0.4, -0.2) is 36.7 Å². The van der Waals surface area contributed by atoms with Crippen molar-refractivity contribution in [2.45, 2.75) is 12.8 Å². The van der Waals surface area contributed by atoms with Crippen LogP contribution in [0.2, 0.25) is 0 Å². The molecule has 1 fully saturated rings. The molecule has 0 bridgehead atoms. The van der Waals surface area contributed by atoms with Crippen LogP contribution in [0.25, 0.3) is 6.08 Å². The smallest absolute Gasteiger partial charge is 0.236 e. The molecule has 0 aliphatic carbocycles. The zero-order valence-corrected chi connectivity index (χ0v) is 17.0. The number of nitrogens with zero attached hydrogens (tertiary/aromatic N) is 2. The van der Waals surface area contributed by atoms with Gasteiger partial charge in [-0.05, 0) is 52.5 Å². The van der Waals surface area contributed by atoms with Gasteiger partial charge in [-0.2, -0.15) is 4.31 Å². The maximum atomic E-state index is 12.6. The monoisotopic (exact) mass is 449 g/mol. The minimum Gasteiger partial charge on any atom is -0.310 e. The predicted molar refractivity (Wildman–Crippen MR) is 109 cm³/mol. The number of carbonyl (C=O) groups is 1. The standard InChI is InChI=1S/C19H20BrN3O3S/c20-17-8-9-18(21-13-17)22-19(24)16-7-4-11-23(14-16)27(25,26)12-10-15-5-2-1-3-6-15/h1-3,5-6,8-10,12-13,16H,4,7,11,14H2,(H,21,22,24)/b12-10+. The molecule has 142 valence electrons. The van der Waals surface area contributed by atoms with Crippen LogP contribution in [-0.2, 0) is 14.8 Å². The molecule has 8 heteroatoms. The molecule has 6 nitrogen and oxygen atoms in total. The van der Waals surface area contributed by atoms with Gasteiger partial charge in [-0.1, -0.05) is 30.3 Å². The zero-order valence-electron chi connectivity index (χ0n) is 14.6. The third-order valence-electron chi connectivity index (χ3n) is 4.33. The minimum atomic E-state index is -3.58. The summed E-state index contributed by atoms with van der Waals surface area (Å²) in [5, 5.41) is 3.97. The number of piperidine rings is 1. The summed E-state index contributed by atoms with van der Waals surface area (Å²) in [5.74, 6) is -0.159. The first-order valence-electron chi connectivity index (χ1n) is 8.60. The summed E-state index contributed by atoms with van der Waals surface area (Å²) in [7, 11) is -3.58. The predicted octanol–water partition coefficient (Wildman–Crippen LogP) is 3.50. The summed E-state index contributed by atoms with van der Waals surface area (Å²) in [4.78, 5) is 16.6. The molecular weight excluding hydrogens is 430 g/mol. The Bertz CT molecular complexity index is 915. The van der Waals surface area contributed by atoms with E-state index in [1.807, 2.05) is 30.3 Å². The number of aromatic nitrogens is 1. The van der Waals surface area contributed by atoms with Gasteiger partial charge < -0.3 is 5.32 Å². The SMILES string of the molecule is O=C(Nc1ccc(Br)cn1)C1CCCN(S(=O)(=O)/C=C/c2ccccc2)C1. The average Bonchev–Trinajstić information content (AvgIpc) is 2.69. The summed E-state index contributed by atoms with van der Waals surface area (Å²) in [6.07, 6.45) is 4.47. The third kappa shape index (κ3) is 5.47. The van der Waals surface area contributed by atoms with Gasteiger partial charge >= 0.3 is 0 Å². The minimum absolute atomic E-state index is 0.170. The summed E-state index contributed by atoms with van der Waals surface area (Å²) in [5.41, 5.74) is 0.814. The number of nitrogens with one attached hydrogen (secondary N) is 1. The first-order chi connectivity index (χ1) is 12.9. The van der Waals surface area contributed by atoms with E-state index in [2.05, 4.69) is 26.2 Å². The van der Waals surface area contributed by atoms with Gasteiger partial charge in [0.15, 0.2) is 0 Å². The fraction of sp³-hybridized carbons (Fsp3) is 0.263. The van der Waals surface area contributed by atoms with E-state index in [9.17, 15) is 13.2 Å². The average molecular weight is 450 g/mol. The lowest BCUT2D eigenvalue weighted by molar-refractivity contribution is -0.120. The Morgan fingerprint density at radius 2 is 2.00 bits per heavy atom. The van der Waals surface area contributed by atoms with Gasteiger partial charge in [0.25, 0.3) is 0 Å². The van der Waals surface area contributed by atoms with Gasteiger partial charge in [0.05, 0.1) is 5.92 Å². The second-order valence-corrected chi connectivity index (χ2v) is 9.04. The Hall–Kier alpha value is -2.03. The van der Waals surface area contributed by atoms with Crippen LogP contribution in [0.5, 0.6) is 0 Å². The topological polar surface area (TPSA) is 79.4 Å². The normalized spacial score (nSPS) is 18.5. The molecule has 1 aromatic carbocycles. The van der Waals surface area contributed by atoms with Crippen LogP contribution in [0.1, 0.15) is 18.4 Å². The van der Waals surface area contributed by atoms with Gasteiger partial charge in [-0.15, -0.1) is 0 Å². The maximum Gasteiger partial charge on any atom is 0.236 e. The molecule has 1 aliphatic heterocycles. The number of halogens is 1. The number of pyridine rings is 1. The molecule has 2 aromatic rings. The molecule has 1 amide bonds. The second kappa shape index (κ2) is 8.77. The van der Waals surface area contributed by atoms with Gasteiger partial charge in [0.1, 0.15) is 5.82 Å². The molecule has 27 heavy (non-hydrogen) atoms. The van der Waals surface area contributed by atoms with E-state index in [0.29, 0.717) is 25.2 Å². The molecule has 1 atom stereocenters. The molecule has 0 saturated carbocycles. The first-order valence-corrected chi connectivity index (χ1v) is 10.9. The number of hydrogen-bond acceptors (Lipinski definition) is 4. The number of hydrogen-bond donors (Lipinski definition) is 1. The number of benzene rings is 1. The lowest BCUT2D eigenvalue weighted by Gasteiger charge is -2.30. The number of anilines is 1. The van der Waals surface area contributed by atoms with E-state index >= 15 is 0 Å². The highest BCUT2D eigenvalue weighted by Gasteiger charge is 2.31. The lowest BCUT2D eigenvalue weighted by atomic mass is 9.99. The van der Waals surface area contributed by atoms with Crippen molar-refractivity contribution in [2.24, 2.45) is 5.92 Å². The Morgan fingerprint density at radius 3 is 2.70 bits per heavy atom. The van der Waals surface area contributed by atoms with Crippen molar-refractivity contribution in [3.63, 3.8) is 0 Å². The summed E-state index contributed by atoms with van der Waals surface area (Å²) in [6, 6.07) is 12.7. The zero-order chi connectivity index (χ0) is 19.3. The fourth-order valence-corrected chi connectivity index (χ4v) is 4.39. The van der Waals surface area contributed by atoms with E-state index in [4.69, 9.17) is 0 Å². The van der Waals surface area contributed by atoms with E-state index < -0.39 is 15.9 Å². The molecule has 0 spiro atoms. The molecular formula is C19H20BrN3O3S. The highest BCUT2D eigenvalue weighted by molar-refractivity contribution is 9.10. The van der Waals surface area contributed by atoms with E-state index in [1.54, 1.807) is 24.4 Å². The first kappa shape index (κ1) is 19.7. The van der Waals surface area contributed by atoms with Crippen LogP contribution < -0.4 is 5.32 Å². The lowest BCUT2D eigenvalue weighted by Crippen LogP contribution is -2.43. The molecule has 1 aliphatic rings. The molecule has 1 saturated heterocycles. The van der Waals surface area contributed by atoms with Gasteiger partial charge in [0.2, 0.25) is 15.9 Å². The van der Waals surface area contributed by atoms with Crippen molar-refractivity contribution in [1.82, 2.24) is 9.29 Å². The highest BCUT2D eigenvalue weighted by atomic mass is 79.9. The second-order valence-electron chi connectivity index (χ2n) is 6.31. The van der Waals surface area contributed by atoms with Crippen molar-refractivity contribution in [3.05, 3.63) is 64.1 Å². The van der Waals surface area contributed by atoms with Gasteiger partial charge in [-0.3, -0.25) is 4.79 Å². The fourth-order valence-electron chi connectivity index (χ4n) is 2.88. The van der Waals surface area contributed by atoms with Crippen LogP contribution in [0.15, 0.2) is 58.5 Å². The molecule has 1 unspecified atom stereocenters. The van der Waals surface area contributed by atoms with Crippen LogP contribution >= 0.6 is 15.9 Å². The summed E-state index contributed by atoms with van der Waals surface area (Å²) < 4.78 is 27.4. The largest absolute Gasteiger partial charge is 0.310 e. The van der Waals surface area contributed by atoms with Crippen LogP contribution in [0.4, 0.5) is 5.82 Å². The van der Waals surface area contributed by atoms with Crippen molar-refractivity contribution in [3.8, 4) is 0 Å². The van der Waals surface area contributed by atoms with Gasteiger partial charge in [-0.25, -0.2) is 13.4 Å². The quantitative estimate of drug-likeness (QED) is 0.757. The summed E-state index contributed by atoms with van der Waals surface area (Å²) >= 11 is 3.29. The molecule has 1 N–H and O–H groups in total. The van der Waals surface area contributed by atoms with Crippen LogP contribution in [0, 0.1) is 5.92 Å². The molecule has 0 radical (unpaired) electrons. The Balaban J connectivity index is 1.65. The molecule has 1 aromatic heterocycles. The Morgan fingerprint density at radius 1 is 1.22 bits per heavy atom. The van der Waals surface area contributed by atoms with E-state index in [0.717, 1.165) is 10.0 Å². The molecule has 3 rings (SSSR count). The summed E-state index contributed by atoms with van der Waals surface area (Å²) in [6.45, 7) is 0.589. The number of amides is 1. The Labute approximate surface area is 167 Å². The van der Waals surface area contributed by atoms with Crippen molar-refractivity contribution < 1.29 is 13.2 Å². The highest BCUT2D eigenvalue weighted by Crippen LogP contribution is 2.22. The van der Waals surface area contributed by atoms with Gasteiger partial charge in [0, 0.05) is 29.2 Å². The van der Waals surface area contributed by atoms with E-state index in [1.165, 1.54) is 9.71 Å². The van der Waals surface area contributed by atoms with Crippen molar-refractivity contribution in [1.29, 1.82) is 0 Å². The number of rotatable bonds is 5. The van der Waals surface area contributed by atoms with Crippen LogP contribution in [0.3, 0.4) is 0 Å². The molecule has 2 heterocycles. The Kier molecular flexibility index (Phi) is 6.41. The van der Waals surface area contributed by atoms with Crippen molar-refractivity contribution >= 4 is 43.8 Å². The maximum absolute atomic E-state index is 12.6. The third-order valence-corrected chi connectivity index (χ3v) is 6.33. The van der Waals surface area contributed by atoms with E-state index in [-0.39, 0.29) is 12.5 Å². The number of carbonyl (C=O) groups excluding carboxylic acids is 1.